The molecule has 2 fully saturated rings. The Kier molecular flexibility index (Phi) is 7.64. The third-order valence-corrected chi connectivity index (χ3v) is 7.39. The highest BCUT2D eigenvalue weighted by Gasteiger charge is 2.42. The van der Waals surface area contributed by atoms with Gasteiger partial charge >= 0.3 is 6.09 Å². The SMILES string of the molecule is CN(CCCc1cnc(N2C3CCC2CN(c2cc(-c4ccccc4O)nnc2N)C3)nc1)C(=O)OC(C)(C)C. The van der Waals surface area contributed by atoms with E-state index in [1.165, 1.54) is 0 Å². The number of phenolic OH excluding ortho intramolecular Hbond substituents is 1. The van der Waals surface area contributed by atoms with Gasteiger partial charge in [0.2, 0.25) is 5.95 Å². The number of rotatable bonds is 7. The van der Waals surface area contributed by atoms with E-state index in [0.717, 1.165) is 56.0 Å². The second kappa shape index (κ2) is 11.1. The lowest BCUT2D eigenvalue weighted by molar-refractivity contribution is 0.0297. The normalized spacial score (nSPS) is 18.6. The number of para-hydroxylation sites is 1. The Hall–Kier alpha value is -4.15. The number of benzene rings is 1. The Bertz CT molecular complexity index is 1330. The number of carbonyl (C=O) groups excluding carboxylic acids is 1. The van der Waals surface area contributed by atoms with E-state index in [0.29, 0.717) is 23.6 Å². The lowest BCUT2D eigenvalue weighted by Crippen LogP contribution is -2.54. The van der Waals surface area contributed by atoms with Crippen molar-refractivity contribution in [3.8, 4) is 17.0 Å². The Morgan fingerprint density at radius 1 is 1.12 bits per heavy atom. The van der Waals surface area contributed by atoms with Crippen molar-refractivity contribution in [2.45, 2.75) is 64.1 Å². The summed E-state index contributed by atoms with van der Waals surface area (Å²) in [5.74, 6) is 1.29. The van der Waals surface area contributed by atoms with E-state index in [1.807, 2.05) is 51.4 Å². The predicted octanol–water partition coefficient (Wildman–Crippen LogP) is 3.88. The molecule has 1 aromatic carbocycles. The smallest absolute Gasteiger partial charge is 0.410 e. The van der Waals surface area contributed by atoms with Gasteiger partial charge < -0.3 is 30.3 Å². The first-order chi connectivity index (χ1) is 19.1. The summed E-state index contributed by atoms with van der Waals surface area (Å²) in [7, 11) is 1.76. The molecular formula is C29H38N8O3. The highest BCUT2D eigenvalue weighted by molar-refractivity contribution is 5.74. The zero-order chi connectivity index (χ0) is 28.4. The molecule has 5 rings (SSSR count). The first-order valence-corrected chi connectivity index (χ1v) is 13.8. The van der Waals surface area contributed by atoms with E-state index in [2.05, 4.69) is 20.0 Å². The third kappa shape index (κ3) is 6.03. The molecule has 0 spiro atoms. The van der Waals surface area contributed by atoms with Crippen molar-refractivity contribution in [3.05, 3.63) is 48.3 Å². The number of nitrogen functional groups attached to an aromatic ring is 1. The Morgan fingerprint density at radius 2 is 1.80 bits per heavy atom. The quantitative estimate of drug-likeness (QED) is 0.450. The third-order valence-electron chi connectivity index (χ3n) is 7.39. The molecule has 2 bridgehead atoms. The van der Waals surface area contributed by atoms with E-state index in [9.17, 15) is 9.90 Å². The number of nitrogens with two attached hydrogens (primary N) is 1. The minimum atomic E-state index is -0.503. The van der Waals surface area contributed by atoms with Crippen molar-refractivity contribution in [1.29, 1.82) is 0 Å². The number of piperazine rings is 1. The van der Waals surface area contributed by atoms with Crippen LogP contribution in [0.15, 0.2) is 42.7 Å². The second-order valence-electron chi connectivity index (χ2n) is 11.6. The van der Waals surface area contributed by atoms with Crippen LogP contribution in [0, 0.1) is 0 Å². The Labute approximate surface area is 235 Å². The molecule has 40 heavy (non-hydrogen) atoms. The number of fused-ring (bicyclic) bond motifs is 2. The highest BCUT2D eigenvalue weighted by Crippen LogP contribution is 2.37. The summed E-state index contributed by atoms with van der Waals surface area (Å²) in [6.07, 6.45) is 7.15. The van der Waals surface area contributed by atoms with Gasteiger partial charge in [0.1, 0.15) is 11.4 Å². The number of phenols is 1. The van der Waals surface area contributed by atoms with E-state index in [1.54, 1.807) is 24.1 Å². The Morgan fingerprint density at radius 3 is 2.45 bits per heavy atom. The summed E-state index contributed by atoms with van der Waals surface area (Å²) in [5, 5.41) is 18.7. The van der Waals surface area contributed by atoms with Gasteiger partial charge in [0, 0.05) is 56.7 Å². The number of ether oxygens (including phenoxy) is 1. The largest absolute Gasteiger partial charge is 0.507 e. The molecule has 11 heteroatoms. The second-order valence-corrected chi connectivity index (χ2v) is 11.6. The number of aromatic nitrogens is 4. The average molecular weight is 547 g/mol. The maximum Gasteiger partial charge on any atom is 0.410 e. The summed E-state index contributed by atoms with van der Waals surface area (Å²) < 4.78 is 5.41. The van der Waals surface area contributed by atoms with E-state index in [4.69, 9.17) is 20.4 Å². The number of hydrogen-bond acceptors (Lipinski definition) is 10. The molecule has 0 radical (unpaired) electrons. The molecule has 3 aromatic rings. The van der Waals surface area contributed by atoms with Crippen LogP contribution in [0.3, 0.4) is 0 Å². The molecule has 2 saturated heterocycles. The van der Waals surface area contributed by atoms with Crippen molar-refractivity contribution < 1.29 is 14.6 Å². The maximum atomic E-state index is 12.2. The van der Waals surface area contributed by atoms with Crippen molar-refractivity contribution in [1.82, 2.24) is 25.1 Å². The Balaban J connectivity index is 1.21. The van der Waals surface area contributed by atoms with Gasteiger partial charge in [-0.3, -0.25) is 0 Å². The van der Waals surface area contributed by atoms with Crippen molar-refractivity contribution in [2.24, 2.45) is 0 Å². The monoisotopic (exact) mass is 546 g/mol. The summed E-state index contributed by atoms with van der Waals surface area (Å²) in [6.45, 7) is 7.74. The summed E-state index contributed by atoms with van der Waals surface area (Å²) >= 11 is 0. The number of aromatic hydroxyl groups is 1. The molecule has 4 heterocycles. The summed E-state index contributed by atoms with van der Waals surface area (Å²) in [4.78, 5) is 27.8. The molecule has 1 amide bonds. The number of carbonyl (C=O) groups is 1. The van der Waals surface area contributed by atoms with Crippen LogP contribution in [0.4, 0.5) is 22.2 Å². The number of amides is 1. The van der Waals surface area contributed by atoms with Crippen LogP contribution in [0.2, 0.25) is 0 Å². The molecule has 212 valence electrons. The topological polar surface area (TPSA) is 134 Å². The molecular weight excluding hydrogens is 508 g/mol. The van der Waals surface area contributed by atoms with Gasteiger partial charge in [-0.1, -0.05) is 12.1 Å². The van der Waals surface area contributed by atoms with Gasteiger partial charge in [-0.2, -0.15) is 0 Å². The maximum absolute atomic E-state index is 12.2. The van der Waals surface area contributed by atoms with Crippen molar-refractivity contribution in [3.63, 3.8) is 0 Å². The summed E-state index contributed by atoms with van der Waals surface area (Å²) in [5.41, 5.74) is 8.86. The standard InChI is InChI=1S/C29H38N8O3/c1-29(2,3)40-28(39)35(4)13-7-8-19-15-31-27(32-16-19)37-20-11-12-21(37)18-36(17-20)24-14-23(33-34-26(24)30)22-9-5-6-10-25(22)38/h5-6,9-10,14-16,20-21,38H,7-8,11-13,17-18H2,1-4H3,(H2,30,34). The van der Waals surface area contributed by atoms with Crippen LogP contribution in [0.5, 0.6) is 5.75 Å². The highest BCUT2D eigenvalue weighted by atomic mass is 16.6. The molecule has 2 aromatic heterocycles. The molecule has 2 aliphatic heterocycles. The van der Waals surface area contributed by atoms with E-state index < -0.39 is 5.60 Å². The molecule has 0 saturated carbocycles. The molecule has 0 aliphatic carbocycles. The zero-order valence-electron chi connectivity index (χ0n) is 23.6. The number of nitrogens with zero attached hydrogens (tertiary/aromatic N) is 7. The van der Waals surface area contributed by atoms with Gasteiger partial charge in [-0.15, -0.1) is 10.2 Å². The van der Waals surface area contributed by atoms with Crippen LogP contribution in [-0.4, -0.2) is 80.6 Å². The first-order valence-electron chi connectivity index (χ1n) is 13.8. The van der Waals surface area contributed by atoms with Crippen molar-refractivity contribution >= 4 is 23.5 Å². The number of anilines is 3. The molecule has 2 atom stereocenters. The van der Waals surface area contributed by atoms with Crippen LogP contribution in [0.1, 0.15) is 45.6 Å². The van der Waals surface area contributed by atoms with Gasteiger partial charge in [-0.25, -0.2) is 14.8 Å². The lowest BCUT2D eigenvalue weighted by Gasteiger charge is -2.42. The number of hydrogen-bond donors (Lipinski definition) is 2. The van der Waals surface area contributed by atoms with Crippen molar-refractivity contribution in [2.75, 3.05) is 42.2 Å². The first kappa shape index (κ1) is 27.4. The average Bonchev–Trinajstić information content (AvgIpc) is 3.17. The number of aryl methyl sites for hydroxylation is 1. The van der Waals surface area contributed by atoms with E-state index in [-0.39, 0.29) is 23.9 Å². The van der Waals surface area contributed by atoms with Crippen LogP contribution in [0.25, 0.3) is 11.3 Å². The molecule has 2 aliphatic rings. The van der Waals surface area contributed by atoms with Gasteiger partial charge in [-0.05, 0) is 70.2 Å². The van der Waals surface area contributed by atoms with Gasteiger partial charge in [0.25, 0.3) is 0 Å². The summed E-state index contributed by atoms with van der Waals surface area (Å²) in [6, 6.07) is 9.53. The fourth-order valence-electron chi connectivity index (χ4n) is 5.45. The molecule has 2 unspecified atom stereocenters. The molecule has 3 N–H and O–H groups in total. The minimum absolute atomic E-state index is 0.160. The van der Waals surface area contributed by atoms with Crippen LogP contribution < -0.4 is 15.5 Å². The van der Waals surface area contributed by atoms with E-state index >= 15 is 0 Å². The predicted molar refractivity (Wildman–Crippen MR) is 154 cm³/mol. The zero-order valence-corrected chi connectivity index (χ0v) is 23.6. The minimum Gasteiger partial charge on any atom is -0.507 e. The van der Waals surface area contributed by atoms with Crippen LogP contribution in [-0.2, 0) is 11.2 Å². The lowest BCUT2D eigenvalue weighted by atomic mass is 10.1. The fraction of sp³-hybridized carbons (Fsp3) is 0.483. The van der Waals surface area contributed by atoms with Crippen LogP contribution >= 0.6 is 0 Å². The van der Waals surface area contributed by atoms with Gasteiger partial charge in [0.05, 0.1) is 11.4 Å². The fourth-order valence-corrected chi connectivity index (χ4v) is 5.45. The van der Waals surface area contributed by atoms with Gasteiger partial charge in [0.15, 0.2) is 5.82 Å². The molecule has 11 nitrogen and oxygen atoms in total.